The van der Waals surface area contributed by atoms with Gasteiger partial charge in [-0.05, 0) is 24.7 Å². The van der Waals surface area contributed by atoms with Crippen molar-refractivity contribution in [1.29, 1.82) is 0 Å². The summed E-state index contributed by atoms with van der Waals surface area (Å²) in [4.78, 5) is 0. The molecule has 1 heterocycles. The number of hydrogen-bond acceptors (Lipinski definition) is 2. The highest BCUT2D eigenvalue weighted by atomic mass is 16.7. The van der Waals surface area contributed by atoms with Gasteiger partial charge in [-0.15, -0.1) is 0 Å². The summed E-state index contributed by atoms with van der Waals surface area (Å²) < 4.78 is 11.5. The summed E-state index contributed by atoms with van der Waals surface area (Å²) in [7, 11) is 0. The second-order valence-electron chi connectivity index (χ2n) is 4.92. The van der Waals surface area contributed by atoms with E-state index in [2.05, 4.69) is 6.92 Å². The van der Waals surface area contributed by atoms with E-state index in [1.54, 1.807) is 0 Å². The molecule has 4 rings (SSSR count). The summed E-state index contributed by atoms with van der Waals surface area (Å²) in [6.07, 6.45) is 5.08. The van der Waals surface area contributed by atoms with Crippen LogP contribution in [-0.2, 0) is 9.47 Å². The van der Waals surface area contributed by atoms with Crippen molar-refractivity contribution in [3.8, 4) is 0 Å². The Morgan fingerprint density at radius 2 is 1.75 bits per heavy atom. The highest BCUT2D eigenvalue weighted by molar-refractivity contribution is 5.04. The second kappa shape index (κ2) is 2.05. The molecule has 1 aliphatic heterocycles. The summed E-state index contributed by atoms with van der Waals surface area (Å²) in [6.45, 7) is 4.02. The van der Waals surface area contributed by atoms with Crippen LogP contribution in [0.4, 0.5) is 0 Å². The van der Waals surface area contributed by atoms with Crippen LogP contribution >= 0.6 is 0 Å². The zero-order chi connectivity index (χ0) is 8.23. The molecular weight excluding hydrogens is 152 g/mol. The van der Waals surface area contributed by atoms with Crippen LogP contribution in [0.25, 0.3) is 0 Å². The number of ether oxygens (including phenoxy) is 2. The molecular formula is C10H16O2. The van der Waals surface area contributed by atoms with E-state index in [0.29, 0.717) is 11.3 Å². The number of fused-ring (bicyclic) bond motifs is 1. The Kier molecular flexibility index (Phi) is 1.25. The van der Waals surface area contributed by atoms with Gasteiger partial charge in [-0.2, -0.15) is 0 Å². The lowest BCUT2D eigenvalue weighted by Crippen LogP contribution is -2.55. The molecule has 0 aromatic heterocycles. The Hall–Kier alpha value is -0.0800. The lowest BCUT2D eigenvalue weighted by atomic mass is 9.53. The first-order valence-corrected chi connectivity index (χ1v) is 5.00. The Morgan fingerprint density at radius 1 is 1.08 bits per heavy atom. The maximum atomic E-state index is 5.75. The van der Waals surface area contributed by atoms with E-state index in [4.69, 9.17) is 9.47 Å². The van der Waals surface area contributed by atoms with Crippen LogP contribution in [0.1, 0.15) is 32.6 Å². The fraction of sp³-hybridized carbons (Fsp3) is 1.00. The summed E-state index contributed by atoms with van der Waals surface area (Å²) in [6, 6.07) is 0. The van der Waals surface area contributed by atoms with Crippen molar-refractivity contribution < 1.29 is 9.47 Å². The third-order valence-corrected chi connectivity index (χ3v) is 3.95. The molecule has 68 valence electrons. The van der Waals surface area contributed by atoms with Crippen LogP contribution in [0.3, 0.4) is 0 Å². The zero-order valence-corrected chi connectivity index (χ0v) is 7.64. The third kappa shape index (κ3) is 0.775. The first kappa shape index (κ1) is 7.34. The SMILES string of the molecule is CC12CCC3(OCCO3)C(C1)C2. The van der Waals surface area contributed by atoms with Crippen molar-refractivity contribution in [2.45, 2.75) is 38.4 Å². The van der Waals surface area contributed by atoms with E-state index >= 15 is 0 Å². The van der Waals surface area contributed by atoms with Crippen LogP contribution in [0.2, 0.25) is 0 Å². The minimum atomic E-state index is -0.127. The predicted molar refractivity (Wildman–Crippen MR) is 44.7 cm³/mol. The standard InChI is InChI=1S/C10H16O2/c1-9-2-3-10(8(6-9)7-9)11-4-5-12-10/h8H,2-7H2,1H3. The van der Waals surface area contributed by atoms with Crippen molar-refractivity contribution in [3.63, 3.8) is 0 Å². The summed E-state index contributed by atoms with van der Waals surface area (Å²) in [5.41, 5.74) is 0.644. The van der Waals surface area contributed by atoms with E-state index in [9.17, 15) is 0 Å². The van der Waals surface area contributed by atoms with Crippen molar-refractivity contribution >= 4 is 0 Å². The minimum absolute atomic E-state index is 0.127. The number of rotatable bonds is 0. The number of hydrogen-bond donors (Lipinski definition) is 0. The first-order chi connectivity index (χ1) is 5.73. The maximum absolute atomic E-state index is 5.75. The summed E-state index contributed by atoms with van der Waals surface area (Å²) >= 11 is 0. The fourth-order valence-corrected chi connectivity index (χ4v) is 3.18. The average molecular weight is 168 g/mol. The molecule has 0 unspecified atom stereocenters. The van der Waals surface area contributed by atoms with Crippen LogP contribution in [0, 0.1) is 11.3 Å². The summed E-state index contributed by atoms with van der Waals surface area (Å²) in [5, 5.41) is 0. The smallest absolute Gasteiger partial charge is 0.171 e. The van der Waals surface area contributed by atoms with E-state index in [1.165, 1.54) is 19.3 Å². The Morgan fingerprint density at radius 3 is 2.25 bits per heavy atom. The molecule has 0 atom stereocenters. The fourth-order valence-electron chi connectivity index (χ4n) is 3.18. The van der Waals surface area contributed by atoms with Crippen molar-refractivity contribution in [2.24, 2.45) is 11.3 Å². The molecule has 3 saturated carbocycles. The molecule has 0 amide bonds. The predicted octanol–water partition coefficient (Wildman–Crippen LogP) is 1.94. The monoisotopic (exact) mass is 168 g/mol. The van der Waals surface area contributed by atoms with Crippen LogP contribution in [0.5, 0.6) is 0 Å². The minimum Gasteiger partial charge on any atom is -0.347 e. The van der Waals surface area contributed by atoms with Gasteiger partial charge in [0.1, 0.15) is 0 Å². The van der Waals surface area contributed by atoms with E-state index in [1.807, 2.05) is 0 Å². The van der Waals surface area contributed by atoms with Gasteiger partial charge >= 0.3 is 0 Å². The van der Waals surface area contributed by atoms with E-state index < -0.39 is 0 Å². The largest absolute Gasteiger partial charge is 0.347 e. The molecule has 3 aliphatic carbocycles. The van der Waals surface area contributed by atoms with Gasteiger partial charge < -0.3 is 9.47 Å². The molecule has 0 aromatic rings. The molecule has 2 nitrogen and oxygen atoms in total. The van der Waals surface area contributed by atoms with Gasteiger partial charge in [0.05, 0.1) is 13.2 Å². The van der Waals surface area contributed by atoms with Gasteiger partial charge in [0.15, 0.2) is 5.79 Å². The highest BCUT2D eigenvalue weighted by Gasteiger charge is 2.59. The van der Waals surface area contributed by atoms with Gasteiger partial charge in [0.2, 0.25) is 0 Å². The van der Waals surface area contributed by atoms with Crippen LogP contribution in [-0.4, -0.2) is 19.0 Å². The van der Waals surface area contributed by atoms with Crippen molar-refractivity contribution in [3.05, 3.63) is 0 Å². The van der Waals surface area contributed by atoms with Crippen LogP contribution in [0.15, 0.2) is 0 Å². The van der Waals surface area contributed by atoms with Gasteiger partial charge in [-0.25, -0.2) is 0 Å². The van der Waals surface area contributed by atoms with E-state index in [-0.39, 0.29) is 5.79 Å². The average Bonchev–Trinajstić information content (AvgIpc) is 2.43. The van der Waals surface area contributed by atoms with Gasteiger partial charge in [-0.1, -0.05) is 6.92 Å². The lowest BCUT2D eigenvalue weighted by molar-refractivity contribution is -0.270. The van der Waals surface area contributed by atoms with E-state index in [0.717, 1.165) is 19.6 Å². The van der Waals surface area contributed by atoms with Crippen LogP contribution < -0.4 is 0 Å². The highest BCUT2D eigenvalue weighted by Crippen LogP contribution is 2.61. The Labute approximate surface area is 73.2 Å². The molecule has 4 aliphatic rings. The zero-order valence-electron chi connectivity index (χ0n) is 7.64. The normalized spacial score (nSPS) is 49.2. The quantitative estimate of drug-likeness (QED) is 0.550. The van der Waals surface area contributed by atoms with Crippen molar-refractivity contribution in [2.75, 3.05) is 13.2 Å². The lowest BCUT2D eigenvalue weighted by Gasteiger charge is -2.57. The molecule has 12 heavy (non-hydrogen) atoms. The molecule has 1 spiro atoms. The van der Waals surface area contributed by atoms with Crippen molar-refractivity contribution in [1.82, 2.24) is 0 Å². The maximum Gasteiger partial charge on any atom is 0.171 e. The molecule has 2 heteroatoms. The first-order valence-electron chi connectivity index (χ1n) is 5.00. The Balaban J connectivity index is 1.82. The van der Waals surface area contributed by atoms with Gasteiger partial charge in [-0.3, -0.25) is 0 Å². The molecule has 1 saturated heterocycles. The Bertz CT molecular complexity index is 194. The second-order valence-corrected chi connectivity index (χ2v) is 4.92. The molecule has 4 fully saturated rings. The third-order valence-electron chi connectivity index (χ3n) is 3.95. The molecule has 2 bridgehead atoms. The topological polar surface area (TPSA) is 18.5 Å². The molecule has 0 N–H and O–H groups in total. The van der Waals surface area contributed by atoms with Gasteiger partial charge in [0, 0.05) is 12.3 Å². The molecule has 0 aromatic carbocycles. The summed E-state index contributed by atoms with van der Waals surface area (Å²) in [5.74, 6) is 0.580. The molecule has 0 radical (unpaired) electrons. The van der Waals surface area contributed by atoms with Gasteiger partial charge in [0.25, 0.3) is 0 Å².